The molecule has 0 radical (unpaired) electrons. The zero-order valence-corrected chi connectivity index (χ0v) is 10.5. The Hall–Kier alpha value is -0.0900. The Morgan fingerprint density at radius 3 is 2.57 bits per heavy atom. The van der Waals surface area contributed by atoms with Crippen LogP contribution in [0.15, 0.2) is 24.3 Å². The van der Waals surface area contributed by atoms with E-state index in [1.165, 1.54) is 24.0 Å². The van der Waals surface area contributed by atoms with Gasteiger partial charge in [0.15, 0.2) is 0 Å². The maximum absolute atomic E-state index is 5.93. The third-order valence-electron chi connectivity index (χ3n) is 2.73. The molecule has 1 aromatic rings. The number of hydrogen-bond donors (Lipinski definition) is 0. The summed E-state index contributed by atoms with van der Waals surface area (Å²) in [5.74, 6) is 0. The van der Waals surface area contributed by atoms with Crippen molar-refractivity contribution < 1.29 is 4.74 Å². The number of rotatable bonds is 2. The standard InChI is InChI=1S/C12H15IO/c1-9-2-4-10(5-3-9)12-7-6-11(8-13)14-12/h2-5,11-12H,6-8H2,1H3. The van der Waals surface area contributed by atoms with Crippen LogP contribution in [0.1, 0.15) is 30.1 Å². The van der Waals surface area contributed by atoms with Crippen molar-refractivity contribution in [3.05, 3.63) is 35.4 Å². The molecular formula is C12H15IO. The van der Waals surface area contributed by atoms with Gasteiger partial charge in [-0.25, -0.2) is 0 Å². The molecule has 0 amide bonds. The van der Waals surface area contributed by atoms with E-state index in [2.05, 4.69) is 53.8 Å². The van der Waals surface area contributed by atoms with Gasteiger partial charge in [0.05, 0.1) is 12.2 Å². The van der Waals surface area contributed by atoms with Gasteiger partial charge in [-0.05, 0) is 25.3 Å². The number of benzene rings is 1. The van der Waals surface area contributed by atoms with Gasteiger partial charge in [0.1, 0.15) is 0 Å². The van der Waals surface area contributed by atoms with E-state index in [1.54, 1.807) is 0 Å². The van der Waals surface area contributed by atoms with E-state index >= 15 is 0 Å². The van der Waals surface area contributed by atoms with Crippen molar-refractivity contribution in [1.82, 2.24) is 0 Å². The van der Waals surface area contributed by atoms with Crippen LogP contribution in [0.2, 0.25) is 0 Å². The first-order valence-electron chi connectivity index (χ1n) is 5.07. The summed E-state index contributed by atoms with van der Waals surface area (Å²) >= 11 is 2.40. The van der Waals surface area contributed by atoms with Gasteiger partial charge in [-0.15, -0.1) is 0 Å². The Morgan fingerprint density at radius 2 is 2.00 bits per heavy atom. The fraction of sp³-hybridized carbons (Fsp3) is 0.500. The van der Waals surface area contributed by atoms with E-state index in [1.807, 2.05) is 0 Å². The SMILES string of the molecule is Cc1ccc(C2CCC(CI)O2)cc1. The second-order valence-electron chi connectivity index (χ2n) is 3.89. The average Bonchev–Trinajstić information content (AvgIpc) is 2.67. The molecule has 0 aliphatic carbocycles. The van der Waals surface area contributed by atoms with Crippen molar-refractivity contribution in [3.8, 4) is 0 Å². The molecule has 1 aliphatic heterocycles. The van der Waals surface area contributed by atoms with E-state index in [4.69, 9.17) is 4.74 Å². The average molecular weight is 302 g/mol. The molecule has 0 aromatic heterocycles. The lowest BCUT2D eigenvalue weighted by Crippen LogP contribution is -2.07. The van der Waals surface area contributed by atoms with Gasteiger partial charge in [-0.2, -0.15) is 0 Å². The lowest BCUT2D eigenvalue weighted by Gasteiger charge is -2.12. The molecule has 1 aliphatic rings. The number of halogens is 1. The zero-order valence-electron chi connectivity index (χ0n) is 8.37. The van der Waals surface area contributed by atoms with Crippen LogP contribution in [-0.4, -0.2) is 10.5 Å². The molecular weight excluding hydrogens is 287 g/mol. The second kappa shape index (κ2) is 4.62. The minimum Gasteiger partial charge on any atom is -0.370 e. The zero-order chi connectivity index (χ0) is 9.97. The third-order valence-corrected chi connectivity index (χ3v) is 3.71. The molecule has 0 saturated carbocycles. The summed E-state index contributed by atoms with van der Waals surface area (Å²) in [7, 11) is 0. The summed E-state index contributed by atoms with van der Waals surface area (Å²) in [6, 6.07) is 8.71. The van der Waals surface area contributed by atoms with Crippen LogP contribution in [0.25, 0.3) is 0 Å². The maximum Gasteiger partial charge on any atom is 0.0830 e. The second-order valence-corrected chi connectivity index (χ2v) is 4.77. The van der Waals surface area contributed by atoms with Crippen LogP contribution in [0.5, 0.6) is 0 Å². The van der Waals surface area contributed by atoms with Crippen LogP contribution in [0.3, 0.4) is 0 Å². The largest absolute Gasteiger partial charge is 0.370 e. The van der Waals surface area contributed by atoms with E-state index in [0.717, 1.165) is 4.43 Å². The molecule has 1 fully saturated rings. The third kappa shape index (κ3) is 2.28. The fourth-order valence-corrected chi connectivity index (χ4v) is 2.49. The molecule has 0 bridgehead atoms. The quantitative estimate of drug-likeness (QED) is 0.598. The lowest BCUT2D eigenvalue weighted by atomic mass is 10.1. The molecule has 1 heterocycles. The summed E-state index contributed by atoms with van der Waals surface area (Å²) in [4.78, 5) is 0. The fourth-order valence-electron chi connectivity index (χ4n) is 1.85. The normalized spacial score (nSPS) is 26.7. The minimum absolute atomic E-state index is 0.343. The molecule has 0 N–H and O–H groups in total. The van der Waals surface area contributed by atoms with Crippen molar-refractivity contribution >= 4 is 22.6 Å². The predicted molar refractivity (Wildman–Crippen MR) is 66.9 cm³/mol. The number of hydrogen-bond acceptors (Lipinski definition) is 1. The Bertz CT molecular complexity index is 294. The van der Waals surface area contributed by atoms with E-state index in [-0.39, 0.29) is 0 Å². The van der Waals surface area contributed by atoms with Gasteiger partial charge in [0.25, 0.3) is 0 Å². The monoisotopic (exact) mass is 302 g/mol. The van der Waals surface area contributed by atoms with Crippen LogP contribution in [0, 0.1) is 6.92 Å². The van der Waals surface area contributed by atoms with Crippen molar-refractivity contribution in [2.45, 2.75) is 32.0 Å². The highest BCUT2D eigenvalue weighted by Crippen LogP contribution is 2.33. The first-order chi connectivity index (χ1) is 6.79. The molecule has 76 valence electrons. The molecule has 14 heavy (non-hydrogen) atoms. The Kier molecular flexibility index (Phi) is 3.44. The summed E-state index contributed by atoms with van der Waals surface area (Å²) in [6.45, 7) is 2.12. The summed E-state index contributed by atoms with van der Waals surface area (Å²) in [5.41, 5.74) is 2.65. The van der Waals surface area contributed by atoms with Crippen LogP contribution >= 0.6 is 22.6 Å². The van der Waals surface area contributed by atoms with Crippen molar-refractivity contribution in [2.75, 3.05) is 4.43 Å². The van der Waals surface area contributed by atoms with Crippen LogP contribution in [0.4, 0.5) is 0 Å². The summed E-state index contributed by atoms with van der Waals surface area (Å²) in [6.07, 6.45) is 3.20. The topological polar surface area (TPSA) is 9.23 Å². The highest BCUT2D eigenvalue weighted by molar-refractivity contribution is 14.1. The van der Waals surface area contributed by atoms with Gasteiger partial charge in [0.2, 0.25) is 0 Å². The number of alkyl halides is 1. The molecule has 2 rings (SSSR count). The first-order valence-corrected chi connectivity index (χ1v) is 6.60. The number of ether oxygens (including phenoxy) is 1. The predicted octanol–water partition coefficient (Wildman–Crippen LogP) is 3.65. The van der Waals surface area contributed by atoms with Gasteiger partial charge < -0.3 is 4.74 Å². The molecule has 2 unspecified atom stereocenters. The lowest BCUT2D eigenvalue weighted by molar-refractivity contribution is 0.0597. The van der Waals surface area contributed by atoms with Gasteiger partial charge in [0, 0.05) is 4.43 Å². The molecule has 2 heteroatoms. The Morgan fingerprint density at radius 1 is 1.29 bits per heavy atom. The Labute approximate surface area is 99.0 Å². The molecule has 2 atom stereocenters. The molecule has 1 nitrogen and oxygen atoms in total. The first kappa shape index (κ1) is 10.4. The highest BCUT2D eigenvalue weighted by atomic mass is 127. The van der Waals surface area contributed by atoms with E-state index in [0.29, 0.717) is 12.2 Å². The maximum atomic E-state index is 5.93. The smallest absolute Gasteiger partial charge is 0.0830 e. The van der Waals surface area contributed by atoms with Gasteiger partial charge in [-0.1, -0.05) is 52.4 Å². The molecule has 1 saturated heterocycles. The van der Waals surface area contributed by atoms with Crippen LogP contribution in [-0.2, 0) is 4.74 Å². The van der Waals surface area contributed by atoms with Crippen molar-refractivity contribution in [2.24, 2.45) is 0 Å². The van der Waals surface area contributed by atoms with Crippen LogP contribution < -0.4 is 0 Å². The summed E-state index contributed by atoms with van der Waals surface area (Å²) in [5, 5.41) is 0. The highest BCUT2D eigenvalue weighted by Gasteiger charge is 2.25. The van der Waals surface area contributed by atoms with Crippen molar-refractivity contribution in [1.29, 1.82) is 0 Å². The molecule has 0 spiro atoms. The van der Waals surface area contributed by atoms with Gasteiger partial charge >= 0.3 is 0 Å². The van der Waals surface area contributed by atoms with E-state index < -0.39 is 0 Å². The van der Waals surface area contributed by atoms with Gasteiger partial charge in [-0.3, -0.25) is 0 Å². The van der Waals surface area contributed by atoms with Crippen molar-refractivity contribution in [3.63, 3.8) is 0 Å². The Balaban J connectivity index is 2.06. The number of aryl methyl sites for hydroxylation is 1. The molecule has 1 aromatic carbocycles. The minimum atomic E-state index is 0.343. The van der Waals surface area contributed by atoms with E-state index in [9.17, 15) is 0 Å². The summed E-state index contributed by atoms with van der Waals surface area (Å²) < 4.78 is 7.04.